The van der Waals surface area contributed by atoms with Gasteiger partial charge in [-0.15, -0.1) is 5.11 Å². The second kappa shape index (κ2) is 8.65. The summed E-state index contributed by atoms with van der Waals surface area (Å²) in [7, 11) is 0. The van der Waals surface area contributed by atoms with E-state index in [1.54, 1.807) is 29.6 Å². The third-order valence-corrected chi connectivity index (χ3v) is 5.12. The molecule has 0 radical (unpaired) electrons. The number of nitrogens with zero attached hydrogens (tertiary/aromatic N) is 5. The highest BCUT2D eigenvalue weighted by Gasteiger charge is 2.45. The van der Waals surface area contributed by atoms with Crippen LogP contribution in [0.15, 0.2) is 16.3 Å². The van der Waals surface area contributed by atoms with Crippen molar-refractivity contribution in [2.75, 3.05) is 37.1 Å². The topological polar surface area (TPSA) is 78.2 Å². The van der Waals surface area contributed by atoms with Gasteiger partial charge in [0, 0.05) is 11.5 Å². The van der Waals surface area contributed by atoms with E-state index in [2.05, 4.69) is 14.6 Å². The summed E-state index contributed by atoms with van der Waals surface area (Å²) in [5.41, 5.74) is 0.844. The lowest BCUT2D eigenvalue weighted by atomic mass is 10.3. The number of aromatic nitrogens is 1. The zero-order valence-electron chi connectivity index (χ0n) is 13.3. The monoisotopic (exact) mass is 373 g/mol. The Bertz CT molecular complexity index is 566. The van der Waals surface area contributed by atoms with Crippen molar-refractivity contribution in [1.82, 2.24) is 14.4 Å². The van der Waals surface area contributed by atoms with E-state index in [0.717, 1.165) is 17.2 Å². The lowest BCUT2D eigenvalue weighted by molar-refractivity contribution is -0.145. The van der Waals surface area contributed by atoms with Gasteiger partial charge in [0.05, 0.1) is 18.8 Å². The van der Waals surface area contributed by atoms with Crippen molar-refractivity contribution >= 4 is 51.9 Å². The number of hydrogen-bond acceptors (Lipinski definition) is 8. The molecule has 1 aliphatic heterocycles. The molecular weight excluding hydrogens is 354 g/mol. The normalized spacial score (nSPS) is 16.3. The van der Waals surface area contributed by atoms with Crippen LogP contribution in [-0.2, 0) is 9.59 Å². The predicted octanol–water partition coefficient (Wildman–Crippen LogP) is 2.22. The van der Waals surface area contributed by atoms with E-state index in [1.807, 2.05) is 19.4 Å². The molecule has 0 aromatic carbocycles. The first kappa shape index (κ1) is 18.2. The van der Waals surface area contributed by atoms with Gasteiger partial charge in [-0.05, 0) is 37.0 Å². The number of amides is 2. The van der Waals surface area contributed by atoms with Gasteiger partial charge in [0.15, 0.2) is 5.00 Å². The molecule has 0 unspecified atom stereocenters. The summed E-state index contributed by atoms with van der Waals surface area (Å²) in [6.07, 6.45) is 3.94. The van der Waals surface area contributed by atoms with Crippen molar-refractivity contribution in [3.05, 3.63) is 11.8 Å². The molecule has 0 aliphatic carbocycles. The van der Waals surface area contributed by atoms with Crippen molar-refractivity contribution in [2.24, 2.45) is 10.2 Å². The molecule has 2 heterocycles. The molecule has 126 valence electrons. The van der Waals surface area contributed by atoms with E-state index in [4.69, 9.17) is 0 Å². The molecule has 0 spiro atoms. The fraction of sp³-hybridized carbons (Fsp3) is 0.615. The number of azo groups is 1. The number of thioether (sulfide) groups is 2. The van der Waals surface area contributed by atoms with Crippen LogP contribution in [0.2, 0.25) is 0 Å². The van der Waals surface area contributed by atoms with E-state index in [1.165, 1.54) is 21.6 Å². The molecule has 23 heavy (non-hydrogen) atoms. The Morgan fingerprint density at radius 3 is 2.17 bits per heavy atom. The van der Waals surface area contributed by atoms with Gasteiger partial charge in [-0.3, -0.25) is 9.59 Å². The zero-order valence-corrected chi connectivity index (χ0v) is 15.7. The Morgan fingerprint density at radius 1 is 1.17 bits per heavy atom. The highest BCUT2D eigenvalue weighted by Crippen LogP contribution is 2.23. The van der Waals surface area contributed by atoms with Gasteiger partial charge >= 0.3 is 0 Å². The summed E-state index contributed by atoms with van der Waals surface area (Å²) in [5, 5.41) is 11.6. The lowest BCUT2D eigenvalue weighted by Crippen LogP contribution is -2.43. The van der Waals surface area contributed by atoms with Gasteiger partial charge in [0.1, 0.15) is 0 Å². The van der Waals surface area contributed by atoms with Gasteiger partial charge < -0.3 is 0 Å². The van der Waals surface area contributed by atoms with Gasteiger partial charge in [0.2, 0.25) is 6.04 Å². The number of aryl methyl sites for hydroxylation is 1. The quantitative estimate of drug-likeness (QED) is 0.516. The standard InChI is InChI=1S/C13H19N5O2S3/c1-9-8-10(23-16-9)14-15-11-12(19)17(4-6-21-2)18(13(11)20)5-7-22-3/h8,11H,4-7H2,1-3H3/b15-14+. The number of hydrogen-bond donors (Lipinski definition) is 0. The molecule has 7 nitrogen and oxygen atoms in total. The first-order valence-electron chi connectivity index (χ1n) is 7.03. The van der Waals surface area contributed by atoms with E-state index >= 15 is 0 Å². The minimum atomic E-state index is -1.07. The van der Waals surface area contributed by atoms with Crippen molar-refractivity contribution in [2.45, 2.75) is 13.0 Å². The average Bonchev–Trinajstić information content (AvgIpc) is 3.04. The molecule has 1 aliphatic rings. The summed E-state index contributed by atoms with van der Waals surface area (Å²) in [5.74, 6) is 0.949. The summed E-state index contributed by atoms with van der Waals surface area (Å²) >= 11 is 4.47. The van der Waals surface area contributed by atoms with Crippen LogP contribution in [0.3, 0.4) is 0 Å². The van der Waals surface area contributed by atoms with Crippen LogP contribution in [0.4, 0.5) is 5.00 Å². The van der Waals surface area contributed by atoms with Crippen LogP contribution in [0.25, 0.3) is 0 Å². The maximum absolute atomic E-state index is 12.5. The third-order valence-electron chi connectivity index (χ3n) is 3.17. The van der Waals surface area contributed by atoms with Crippen molar-refractivity contribution in [1.29, 1.82) is 0 Å². The number of rotatable bonds is 8. The Balaban J connectivity index is 2.14. The van der Waals surface area contributed by atoms with Crippen LogP contribution < -0.4 is 0 Å². The molecule has 0 saturated carbocycles. The Hall–Kier alpha value is -1.13. The van der Waals surface area contributed by atoms with Gasteiger partial charge in [-0.25, -0.2) is 10.0 Å². The molecule has 0 atom stereocenters. The molecule has 1 fully saturated rings. The fourth-order valence-electron chi connectivity index (χ4n) is 2.05. The zero-order chi connectivity index (χ0) is 16.8. The molecule has 0 N–H and O–H groups in total. The summed E-state index contributed by atoms with van der Waals surface area (Å²) < 4.78 is 4.10. The molecule has 10 heteroatoms. The van der Waals surface area contributed by atoms with Crippen LogP contribution in [0.1, 0.15) is 5.69 Å². The van der Waals surface area contributed by atoms with Gasteiger partial charge in [-0.2, -0.15) is 33.0 Å². The fourth-order valence-corrected chi connectivity index (χ4v) is 3.36. The number of hydrazine groups is 1. The van der Waals surface area contributed by atoms with Crippen LogP contribution in [-0.4, -0.2) is 69.4 Å². The first-order chi connectivity index (χ1) is 11.1. The van der Waals surface area contributed by atoms with Gasteiger partial charge in [-0.1, -0.05) is 0 Å². The van der Waals surface area contributed by atoms with Crippen molar-refractivity contribution in [3.8, 4) is 0 Å². The predicted molar refractivity (Wildman–Crippen MR) is 95.3 cm³/mol. The maximum atomic E-state index is 12.5. The van der Waals surface area contributed by atoms with Crippen LogP contribution >= 0.6 is 35.1 Å². The second-order valence-electron chi connectivity index (χ2n) is 4.83. The third kappa shape index (κ3) is 4.45. The van der Waals surface area contributed by atoms with Gasteiger partial charge in [0.25, 0.3) is 11.8 Å². The average molecular weight is 374 g/mol. The SMILES string of the molecule is CSCCN1C(=O)C(/N=N/c2cc(C)ns2)C(=O)N1CCSC. The van der Waals surface area contributed by atoms with E-state index in [0.29, 0.717) is 18.1 Å². The highest BCUT2D eigenvalue weighted by molar-refractivity contribution is 7.98. The van der Waals surface area contributed by atoms with Crippen LogP contribution in [0, 0.1) is 6.92 Å². The summed E-state index contributed by atoms with van der Waals surface area (Å²) in [4.78, 5) is 25.0. The number of carbonyl (C=O) groups excluding carboxylic acids is 2. The summed E-state index contributed by atoms with van der Waals surface area (Å²) in [6.45, 7) is 2.87. The van der Waals surface area contributed by atoms with Crippen LogP contribution in [0.5, 0.6) is 0 Å². The van der Waals surface area contributed by atoms with Crippen molar-refractivity contribution < 1.29 is 9.59 Å². The minimum Gasteiger partial charge on any atom is -0.270 e. The molecule has 1 aromatic heterocycles. The molecule has 2 amide bonds. The molecular formula is C13H19N5O2S3. The smallest absolute Gasteiger partial charge is 0.270 e. The Morgan fingerprint density at radius 2 is 1.74 bits per heavy atom. The minimum absolute atomic E-state index is 0.296. The number of carbonyl (C=O) groups is 2. The maximum Gasteiger partial charge on any atom is 0.277 e. The van der Waals surface area contributed by atoms with E-state index < -0.39 is 6.04 Å². The molecule has 1 aromatic rings. The summed E-state index contributed by atoms with van der Waals surface area (Å²) in [6, 6.07) is 0.704. The Kier molecular flexibility index (Phi) is 6.85. The molecule has 1 saturated heterocycles. The second-order valence-corrected chi connectivity index (χ2v) is 7.59. The van der Waals surface area contributed by atoms with Crippen molar-refractivity contribution in [3.63, 3.8) is 0 Å². The van der Waals surface area contributed by atoms with E-state index in [9.17, 15) is 9.59 Å². The highest BCUT2D eigenvalue weighted by atomic mass is 32.2. The molecule has 2 rings (SSSR count). The first-order valence-corrected chi connectivity index (χ1v) is 10.6. The Labute approximate surface area is 148 Å². The lowest BCUT2D eigenvalue weighted by Gasteiger charge is -2.26. The largest absolute Gasteiger partial charge is 0.277 e. The molecule has 0 bridgehead atoms. The van der Waals surface area contributed by atoms with E-state index in [-0.39, 0.29) is 11.8 Å².